The fourth-order valence-electron chi connectivity index (χ4n) is 3.69. The zero-order chi connectivity index (χ0) is 12.9. The molecule has 2 aliphatic heterocycles. The number of carbonyl (C=O) groups is 1. The van der Waals surface area contributed by atoms with Crippen LogP contribution in [0.5, 0.6) is 0 Å². The molecule has 0 amide bonds. The monoisotopic (exact) mass is 256 g/mol. The number of hydrogen-bond donors (Lipinski definition) is 2. The average Bonchev–Trinajstić information content (AvgIpc) is 2.60. The minimum atomic E-state index is -0.809. The molecule has 3 fully saturated rings. The van der Waals surface area contributed by atoms with Crippen LogP contribution < -0.4 is 0 Å². The van der Waals surface area contributed by atoms with E-state index in [-0.39, 0.29) is 24.1 Å². The summed E-state index contributed by atoms with van der Waals surface area (Å²) < 4.78 is 11.9. The molecule has 0 aromatic carbocycles. The lowest BCUT2D eigenvalue weighted by atomic mass is 9.76. The molecule has 2 saturated heterocycles. The minimum absolute atomic E-state index is 0.0440. The van der Waals surface area contributed by atoms with Crippen molar-refractivity contribution in [2.45, 2.75) is 75.1 Å². The summed E-state index contributed by atoms with van der Waals surface area (Å²) in [7, 11) is 0. The first-order chi connectivity index (χ1) is 8.50. The van der Waals surface area contributed by atoms with Crippen LogP contribution in [0.25, 0.3) is 0 Å². The van der Waals surface area contributed by atoms with Gasteiger partial charge in [0.05, 0.1) is 30.0 Å². The van der Waals surface area contributed by atoms with Crippen molar-refractivity contribution in [3.63, 3.8) is 0 Å². The van der Waals surface area contributed by atoms with Crippen molar-refractivity contribution in [3.8, 4) is 0 Å². The van der Waals surface area contributed by atoms with Crippen molar-refractivity contribution < 1.29 is 24.5 Å². The number of rotatable bonds is 2. The lowest BCUT2D eigenvalue weighted by Gasteiger charge is -2.44. The van der Waals surface area contributed by atoms with Gasteiger partial charge in [0.2, 0.25) is 0 Å². The summed E-state index contributed by atoms with van der Waals surface area (Å²) >= 11 is 0. The molecule has 1 spiro atoms. The Morgan fingerprint density at radius 1 is 1.33 bits per heavy atom. The summed E-state index contributed by atoms with van der Waals surface area (Å²) in [5, 5.41) is 19.7. The molecule has 2 heterocycles. The van der Waals surface area contributed by atoms with Gasteiger partial charge in [-0.25, -0.2) is 0 Å². The van der Waals surface area contributed by atoms with Crippen molar-refractivity contribution in [1.82, 2.24) is 0 Å². The van der Waals surface area contributed by atoms with Crippen LogP contribution in [0.1, 0.15) is 39.0 Å². The Hall–Kier alpha value is -0.490. The number of ether oxygens (including phenoxy) is 2. The van der Waals surface area contributed by atoms with Crippen LogP contribution in [0.3, 0.4) is 0 Å². The quantitative estimate of drug-likeness (QED) is 0.736. The first-order valence-electron chi connectivity index (χ1n) is 6.69. The van der Waals surface area contributed by atoms with Crippen molar-refractivity contribution in [2.24, 2.45) is 0 Å². The van der Waals surface area contributed by atoms with Crippen LogP contribution in [-0.4, -0.2) is 52.1 Å². The van der Waals surface area contributed by atoms with Crippen LogP contribution in [0.4, 0.5) is 0 Å². The van der Waals surface area contributed by atoms with Gasteiger partial charge in [-0.3, -0.25) is 4.79 Å². The first-order valence-corrected chi connectivity index (χ1v) is 6.69. The molecule has 2 N–H and O–H groups in total. The molecule has 0 aromatic rings. The Morgan fingerprint density at radius 3 is 2.83 bits per heavy atom. The Bertz CT molecular complexity index is 357. The molecular formula is C13H20O5. The highest BCUT2D eigenvalue weighted by Gasteiger charge is 2.59. The highest BCUT2D eigenvalue weighted by atomic mass is 16.6. The summed E-state index contributed by atoms with van der Waals surface area (Å²) in [5.41, 5.74) is -0.484. The van der Waals surface area contributed by atoms with Gasteiger partial charge < -0.3 is 19.7 Å². The van der Waals surface area contributed by atoms with Crippen molar-refractivity contribution in [3.05, 3.63) is 0 Å². The molecule has 0 radical (unpaired) electrons. The average molecular weight is 256 g/mol. The molecule has 6 atom stereocenters. The standard InChI is InChI=1S/C13H20O5/c1-7(14)4-8-2-3-11-13(18-8)5-9(15)12(16)10(6-13)17-11/h8-12,15-16H,2-6H2,1H3/t8-,9-,10-,11+,12-,13+/m1/s1. The smallest absolute Gasteiger partial charge is 0.132 e. The Balaban J connectivity index is 1.77. The molecular weight excluding hydrogens is 236 g/mol. The molecule has 102 valence electrons. The van der Waals surface area contributed by atoms with Crippen molar-refractivity contribution in [2.75, 3.05) is 0 Å². The second kappa shape index (κ2) is 4.27. The van der Waals surface area contributed by atoms with Gasteiger partial charge in [0, 0.05) is 19.3 Å². The number of aliphatic hydroxyl groups is 2. The highest BCUT2D eigenvalue weighted by molar-refractivity contribution is 5.76. The maximum Gasteiger partial charge on any atom is 0.132 e. The van der Waals surface area contributed by atoms with Crippen LogP contribution >= 0.6 is 0 Å². The largest absolute Gasteiger partial charge is 0.390 e. The molecule has 3 rings (SSSR count). The zero-order valence-electron chi connectivity index (χ0n) is 10.5. The fraction of sp³-hybridized carbons (Fsp3) is 0.923. The van der Waals surface area contributed by atoms with Gasteiger partial charge in [-0.2, -0.15) is 0 Å². The maximum absolute atomic E-state index is 11.2. The van der Waals surface area contributed by atoms with Gasteiger partial charge in [-0.1, -0.05) is 0 Å². The molecule has 18 heavy (non-hydrogen) atoms. The molecule has 2 bridgehead atoms. The van der Waals surface area contributed by atoms with Gasteiger partial charge in [-0.15, -0.1) is 0 Å². The van der Waals surface area contributed by atoms with Gasteiger partial charge >= 0.3 is 0 Å². The van der Waals surface area contributed by atoms with Crippen LogP contribution in [0.2, 0.25) is 0 Å². The summed E-state index contributed by atoms with van der Waals surface area (Å²) in [4.78, 5) is 11.2. The lowest BCUT2D eigenvalue weighted by Crippen LogP contribution is -2.54. The van der Waals surface area contributed by atoms with E-state index >= 15 is 0 Å². The van der Waals surface area contributed by atoms with E-state index in [4.69, 9.17) is 9.47 Å². The molecule has 0 aromatic heterocycles. The number of ketones is 1. The third-order valence-electron chi connectivity index (χ3n) is 4.47. The minimum Gasteiger partial charge on any atom is -0.390 e. The summed E-state index contributed by atoms with van der Waals surface area (Å²) in [5.74, 6) is 0.127. The molecule has 1 saturated carbocycles. The first kappa shape index (κ1) is 12.5. The van der Waals surface area contributed by atoms with Gasteiger partial charge in [0.25, 0.3) is 0 Å². The third-order valence-corrected chi connectivity index (χ3v) is 4.47. The van der Waals surface area contributed by atoms with E-state index in [0.717, 1.165) is 12.8 Å². The summed E-state index contributed by atoms with van der Waals surface area (Å²) in [6.45, 7) is 1.57. The van der Waals surface area contributed by atoms with Crippen molar-refractivity contribution >= 4 is 5.78 Å². The number of aliphatic hydroxyl groups excluding tert-OH is 2. The number of hydrogen-bond acceptors (Lipinski definition) is 5. The van der Waals surface area contributed by atoms with Crippen molar-refractivity contribution in [1.29, 1.82) is 0 Å². The molecule has 5 nitrogen and oxygen atoms in total. The van der Waals surface area contributed by atoms with Crippen LogP contribution in [0, 0.1) is 0 Å². The van der Waals surface area contributed by atoms with Crippen LogP contribution in [0.15, 0.2) is 0 Å². The number of Topliss-reactive ketones (excluding diaryl/α,β-unsaturated/α-hetero) is 1. The van der Waals surface area contributed by atoms with E-state index < -0.39 is 17.8 Å². The van der Waals surface area contributed by atoms with E-state index in [9.17, 15) is 15.0 Å². The number of fused-ring (bicyclic) bond motifs is 1. The van der Waals surface area contributed by atoms with Gasteiger partial charge in [0.15, 0.2) is 0 Å². The van der Waals surface area contributed by atoms with E-state index in [0.29, 0.717) is 19.3 Å². The molecule has 1 aliphatic carbocycles. The van der Waals surface area contributed by atoms with Crippen LogP contribution in [-0.2, 0) is 14.3 Å². The SMILES string of the molecule is CC(=O)C[C@H]1CC[C@@H]2O[C@@H]3C[C@]2(C[C@@H](O)[C@H]3O)O1. The summed E-state index contributed by atoms with van der Waals surface area (Å²) in [6.07, 6.45) is 1.08. The second-order valence-corrected chi connectivity index (χ2v) is 5.92. The van der Waals surface area contributed by atoms with Gasteiger partial charge in [0.1, 0.15) is 11.9 Å². The van der Waals surface area contributed by atoms with Gasteiger partial charge in [-0.05, 0) is 19.8 Å². The fourth-order valence-corrected chi connectivity index (χ4v) is 3.69. The number of carbonyl (C=O) groups excluding carboxylic acids is 1. The lowest BCUT2D eigenvalue weighted by molar-refractivity contribution is -0.179. The molecule has 0 unspecified atom stereocenters. The Morgan fingerprint density at radius 2 is 2.11 bits per heavy atom. The normalized spacial score (nSPS) is 50.9. The summed E-state index contributed by atoms with van der Waals surface area (Å²) in [6, 6.07) is 0. The van der Waals surface area contributed by atoms with E-state index in [1.54, 1.807) is 6.92 Å². The third kappa shape index (κ3) is 1.90. The topological polar surface area (TPSA) is 76.0 Å². The zero-order valence-corrected chi connectivity index (χ0v) is 10.5. The second-order valence-electron chi connectivity index (χ2n) is 5.92. The maximum atomic E-state index is 11.2. The molecule has 5 heteroatoms. The Kier molecular flexibility index (Phi) is 2.97. The van der Waals surface area contributed by atoms with E-state index in [1.165, 1.54) is 0 Å². The predicted molar refractivity (Wildman–Crippen MR) is 62.0 cm³/mol. The molecule has 3 aliphatic rings. The highest BCUT2D eigenvalue weighted by Crippen LogP contribution is 2.49. The Labute approximate surface area is 106 Å². The predicted octanol–water partition coefficient (Wildman–Crippen LogP) is 0.166. The van der Waals surface area contributed by atoms with E-state index in [1.807, 2.05) is 0 Å². The van der Waals surface area contributed by atoms with E-state index in [2.05, 4.69) is 0 Å².